The summed E-state index contributed by atoms with van der Waals surface area (Å²) < 4.78 is 9.95. The Morgan fingerprint density at radius 3 is 2.74 bits per heavy atom. The van der Waals surface area contributed by atoms with Crippen LogP contribution < -0.4 is 5.32 Å². The molecule has 2 atom stereocenters. The van der Waals surface area contributed by atoms with E-state index in [2.05, 4.69) is 5.32 Å². The van der Waals surface area contributed by atoms with Crippen LogP contribution in [0.15, 0.2) is 0 Å². The molecule has 8 nitrogen and oxygen atoms in total. The third-order valence-electron chi connectivity index (χ3n) is 2.78. The lowest BCUT2D eigenvalue weighted by molar-refractivity contribution is -0.141. The average molecular weight is 276 g/mol. The number of methoxy groups -OCH3 is 1. The topological polar surface area (TPSA) is 108 Å². The van der Waals surface area contributed by atoms with Crippen molar-refractivity contribution in [3.05, 3.63) is 0 Å². The lowest BCUT2D eigenvalue weighted by Crippen LogP contribution is -2.46. The van der Waals surface area contributed by atoms with E-state index in [1.165, 1.54) is 0 Å². The fourth-order valence-electron chi connectivity index (χ4n) is 1.85. The quantitative estimate of drug-likeness (QED) is 0.508. The van der Waals surface area contributed by atoms with Crippen molar-refractivity contribution in [1.29, 1.82) is 0 Å². The molecule has 1 fully saturated rings. The van der Waals surface area contributed by atoms with Crippen LogP contribution >= 0.6 is 0 Å². The number of β-amino-alcohol motifs (C(OH)–C–C–N with tert-alkyl or cyclic N) is 1. The average Bonchev–Trinajstić information content (AvgIpc) is 2.76. The number of carboxylic acids is 1. The van der Waals surface area contributed by atoms with Gasteiger partial charge in [0, 0.05) is 26.6 Å². The monoisotopic (exact) mass is 276 g/mol. The van der Waals surface area contributed by atoms with E-state index in [4.69, 9.17) is 14.6 Å². The highest BCUT2D eigenvalue weighted by Crippen LogP contribution is 2.17. The fourth-order valence-corrected chi connectivity index (χ4v) is 1.85. The van der Waals surface area contributed by atoms with Gasteiger partial charge in [-0.25, -0.2) is 9.59 Å². The van der Waals surface area contributed by atoms with E-state index in [1.807, 2.05) is 0 Å². The van der Waals surface area contributed by atoms with E-state index in [1.54, 1.807) is 7.11 Å². The molecule has 0 aliphatic carbocycles. The minimum absolute atomic E-state index is 0.0351. The number of nitrogens with one attached hydrogen (secondary N) is 1. The smallest absolute Gasteiger partial charge is 0.326 e. The first kappa shape index (κ1) is 15.7. The van der Waals surface area contributed by atoms with Crippen LogP contribution in [-0.4, -0.2) is 79.3 Å². The number of carbonyl (C=O) groups is 2. The summed E-state index contributed by atoms with van der Waals surface area (Å²) in [4.78, 5) is 23.8. The van der Waals surface area contributed by atoms with Gasteiger partial charge < -0.3 is 29.9 Å². The number of urea groups is 1. The molecule has 2 unspecified atom stereocenters. The van der Waals surface area contributed by atoms with E-state index in [9.17, 15) is 14.7 Å². The second-order valence-electron chi connectivity index (χ2n) is 4.23. The maximum absolute atomic E-state index is 11.8. The van der Waals surface area contributed by atoms with E-state index >= 15 is 0 Å². The van der Waals surface area contributed by atoms with Crippen LogP contribution in [0.4, 0.5) is 4.79 Å². The molecular formula is C11H20N2O6. The zero-order valence-electron chi connectivity index (χ0n) is 10.9. The normalized spacial score (nSPS) is 22.5. The van der Waals surface area contributed by atoms with E-state index in [-0.39, 0.29) is 19.5 Å². The standard InChI is InChI=1S/C11H20N2O6/c1-18-4-5-19-3-2-12-11(17)13-7-8(14)6-9(13)10(15)16/h8-9,14H,2-7H2,1H3,(H,12,17)(H,15,16). The minimum atomic E-state index is -1.11. The predicted molar refractivity (Wildman–Crippen MR) is 64.8 cm³/mol. The Kier molecular flexibility index (Phi) is 6.54. The molecular weight excluding hydrogens is 256 g/mol. The molecule has 0 saturated carbocycles. The summed E-state index contributed by atoms with van der Waals surface area (Å²) in [5.74, 6) is -1.11. The van der Waals surface area contributed by atoms with Crippen molar-refractivity contribution in [1.82, 2.24) is 10.2 Å². The van der Waals surface area contributed by atoms with Gasteiger partial charge in [-0.3, -0.25) is 0 Å². The lowest BCUT2D eigenvalue weighted by Gasteiger charge is -2.21. The number of hydrogen-bond acceptors (Lipinski definition) is 5. The van der Waals surface area contributed by atoms with Crippen molar-refractivity contribution in [3.8, 4) is 0 Å². The van der Waals surface area contributed by atoms with Crippen molar-refractivity contribution in [2.45, 2.75) is 18.6 Å². The van der Waals surface area contributed by atoms with Crippen LogP contribution in [0, 0.1) is 0 Å². The highest BCUT2D eigenvalue weighted by Gasteiger charge is 2.38. The zero-order valence-corrected chi connectivity index (χ0v) is 10.9. The maximum Gasteiger partial charge on any atom is 0.326 e. The number of likely N-dealkylation sites (tertiary alicyclic amines) is 1. The molecule has 1 heterocycles. The van der Waals surface area contributed by atoms with Gasteiger partial charge in [0.05, 0.1) is 25.9 Å². The van der Waals surface area contributed by atoms with E-state index in [0.29, 0.717) is 19.8 Å². The van der Waals surface area contributed by atoms with Crippen molar-refractivity contribution in [2.24, 2.45) is 0 Å². The van der Waals surface area contributed by atoms with E-state index in [0.717, 1.165) is 4.90 Å². The molecule has 0 radical (unpaired) electrons. The lowest BCUT2D eigenvalue weighted by atomic mass is 10.2. The number of carboxylic acid groups (broad SMARTS) is 1. The maximum atomic E-state index is 11.8. The van der Waals surface area contributed by atoms with Crippen LogP contribution in [0.2, 0.25) is 0 Å². The molecule has 0 aromatic heterocycles. The second kappa shape index (κ2) is 7.93. The number of nitrogens with zero attached hydrogens (tertiary/aromatic N) is 1. The third kappa shape index (κ3) is 5.01. The van der Waals surface area contributed by atoms with Gasteiger partial charge in [-0.05, 0) is 0 Å². The molecule has 1 aliphatic heterocycles. The van der Waals surface area contributed by atoms with Crippen molar-refractivity contribution < 1.29 is 29.3 Å². The number of amides is 2. The van der Waals surface area contributed by atoms with Gasteiger partial charge in [0.25, 0.3) is 0 Å². The number of aliphatic carboxylic acids is 1. The molecule has 1 aliphatic rings. The van der Waals surface area contributed by atoms with Crippen molar-refractivity contribution in [2.75, 3.05) is 40.0 Å². The SMILES string of the molecule is COCCOCCNC(=O)N1CC(O)CC1C(=O)O. The molecule has 0 aromatic carbocycles. The number of ether oxygens (including phenoxy) is 2. The van der Waals surface area contributed by atoms with Crippen LogP contribution in [-0.2, 0) is 14.3 Å². The Bertz CT molecular complexity index is 312. The first-order valence-corrected chi connectivity index (χ1v) is 6.08. The van der Waals surface area contributed by atoms with Gasteiger partial charge in [0.15, 0.2) is 0 Å². The molecule has 110 valence electrons. The largest absolute Gasteiger partial charge is 0.480 e. The summed E-state index contributed by atoms with van der Waals surface area (Å²) in [6, 6.07) is -1.47. The molecule has 1 saturated heterocycles. The van der Waals surface area contributed by atoms with Gasteiger partial charge in [-0.1, -0.05) is 0 Å². The first-order valence-electron chi connectivity index (χ1n) is 6.08. The summed E-state index contributed by atoms with van der Waals surface area (Å²) in [5, 5.41) is 20.9. The molecule has 0 bridgehead atoms. The highest BCUT2D eigenvalue weighted by atomic mass is 16.5. The number of hydrogen-bond donors (Lipinski definition) is 3. The van der Waals surface area contributed by atoms with Crippen molar-refractivity contribution in [3.63, 3.8) is 0 Å². The van der Waals surface area contributed by atoms with Crippen LogP contribution in [0.25, 0.3) is 0 Å². The summed E-state index contributed by atoms with van der Waals surface area (Å²) in [6.07, 6.45) is -0.725. The Hall–Kier alpha value is -1.38. The molecule has 19 heavy (non-hydrogen) atoms. The first-order chi connectivity index (χ1) is 9.06. The Labute approximate surface area is 111 Å². The van der Waals surface area contributed by atoms with E-state index < -0.39 is 24.1 Å². The minimum Gasteiger partial charge on any atom is -0.480 e. The fraction of sp³-hybridized carbons (Fsp3) is 0.818. The Morgan fingerprint density at radius 1 is 1.37 bits per heavy atom. The predicted octanol–water partition coefficient (Wildman–Crippen LogP) is -1.12. The van der Waals surface area contributed by atoms with Gasteiger partial charge in [-0.2, -0.15) is 0 Å². The summed E-state index contributed by atoms with van der Waals surface area (Å²) >= 11 is 0. The second-order valence-corrected chi connectivity index (χ2v) is 4.23. The zero-order chi connectivity index (χ0) is 14.3. The number of rotatable bonds is 7. The van der Waals surface area contributed by atoms with Gasteiger partial charge >= 0.3 is 12.0 Å². The summed E-state index contributed by atoms with van der Waals surface area (Å²) in [7, 11) is 1.57. The molecule has 3 N–H and O–H groups in total. The van der Waals surface area contributed by atoms with Gasteiger partial charge in [-0.15, -0.1) is 0 Å². The molecule has 1 rings (SSSR count). The van der Waals surface area contributed by atoms with Crippen molar-refractivity contribution >= 4 is 12.0 Å². The molecule has 8 heteroatoms. The van der Waals surface area contributed by atoms with Gasteiger partial charge in [0.2, 0.25) is 0 Å². The number of carbonyl (C=O) groups excluding carboxylic acids is 1. The molecule has 0 aromatic rings. The van der Waals surface area contributed by atoms with Crippen LogP contribution in [0.5, 0.6) is 0 Å². The number of aliphatic hydroxyl groups excluding tert-OH is 1. The Morgan fingerprint density at radius 2 is 2.11 bits per heavy atom. The van der Waals surface area contributed by atoms with Gasteiger partial charge in [0.1, 0.15) is 6.04 Å². The van der Waals surface area contributed by atoms with Crippen LogP contribution in [0.1, 0.15) is 6.42 Å². The van der Waals surface area contributed by atoms with Crippen LogP contribution in [0.3, 0.4) is 0 Å². The summed E-state index contributed by atoms with van der Waals surface area (Å²) in [5.41, 5.74) is 0. The Balaban J connectivity index is 2.26. The highest BCUT2D eigenvalue weighted by molar-refractivity contribution is 5.83. The third-order valence-corrected chi connectivity index (χ3v) is 2.78. The molecule has 2 amide bonds. The molecule has 0 spiro atoms. The summed E-state index contributed by atoms with van der Waals surface area (Å²) in [6.45, 7) is 1.55. The number of aliphatic hydroxyl groups is 1.